The third-order valence-corrected chi connectivity index (χ3v) is 5.29. The van der Waals surface area contributed by atoms with Crippen LogP contribution >= 0.6 is 0 Å². The molecule has 3 fully saturated rings. The standard InChI is InChI=1S/C18H25N3O4/c22-17-11-25-18(13-21(17)16-2-1-5-19-10-16)12-20(6-9-24-14-18)15-3-7-23-8-4-15/h1-2,5,10,15H,3-4,6-9,11-14H2. The van der Waals surface area contributed by atoms with E-state index >= 15 is 0 Å². The molecule has 136 valence electrons. The van der Waals surface area contributed by atoms with Gasteiger partial charge < -0.3 is 19.1 Å². The zero-order valence-corrected chi connectivity index (χ0v) is 14.4. The smallest absolute Gasteiger partial charge is 0.253 e. The normalized spacial score (nSPS) is 29.8. The topological polar surface area (TPSA) is 64.1 Å². The van der Waals surface area contributed by atoms with Gasteiger partial charge in [-0.1, -0.05) is 0 Å². The van der Waals surface area contributed by atoms with E-state index in [9.17, 15) is 4.79 Å². The molecule has 1 spiro atoms. The SMILES string of the molecule is O=C1COC2(COCCN(C3CCOCC3)C2)CN1c1cccnc1. The van der Waals surface area contributed by atoms with Gasteiger partial charge >= 0.3 is 0 Å². The lowest BCUT2D eigenvalue weighted by Crippen LogP contribution is -2.61. The van der Waals surface area contributed by atoms with Crippen molar-refractivity contribution in [3.05, 3.63) is 24.5 Å². The minimum atomic E-state index is -0.488. The quantitative estimate of drug-likeness (QED) is 0.785. The van der Waals surface area contributed by atoms with E-state index in [4.69, 9.17) is 14.2 Å². The van der Waals surface area contributed by atoms with Gasteiger partial charge in [0.25, 0.3) is 5.91 Å². The van der Waals surface area contributed by atoms with E-state index in [1.165, 1.54) is 0 Å². The lowest BCUT2D eigenvalue weighted by molar-refractivity contribution is -0.147. The summed E-state index contributed by atoms with van der Waals surface area (Å²) in [5.74, 6) is -0.0273. The van der Waals surface area contributed by atoms with Crippen molar-refractivity contribution in [1.82, 2.24) is 9.88 Å². The summed E-state index contributed by atoms with van der Waals surface area (Å²) in [7, 11) is 0. The van der Waals surface area contributed by atoms with Crippen LogP contribution in [-0.2, 0) is 19.0 Å². The molecule has 1 atom stereocenters. The van der Waals surface area contributed by atoms with Gasteiger partial charge in [-0.25, -0.2) is 0 Å². The fourth-order valence-electron chi connectivity index (χ4n) is 3.94. The Morgan fingerprint density at radius 2 is 2.04 bits per heavy atom. The molecule has 0 N–H and O–H groups in total. The van der Waals surface area contributed by atoms with Gasteiger partial charge in [0.2, 0.25) is 0 Å². The second kappa shape index (κ2) is 7.37. The second-order valence-corrected chi connectivity index (χ2v) is 7.03. The van der Waals surface area contributed by atoms with E-state index < -0.39 is 5.60 Å². The summed E-state index contributed by atoms with van der Waals surface area (Å²) in [4.78, 5) is 20.8. The number of anilines is 1. The van der Waals surface area contributed by atoms with E-state index in [-0.39, 0.29) is 12.5 Å². The highest BCUT2D eigenvalue weighted by atomic mass is 16.6. The maximum absolute atomic E-state index is 12.4. The number of hydrogen-bond acceptors (Lipinski definition) is 6. The van der Waals surface area contributed by atoms with Gasteiger partial charge in [-0.2, -0.15) is 0 Å². The highest BCUT2D eigenvalue weighted by Crippen LogP contribution is 2.28. The Bertz CT molecular complexity index is 593. The molecule has 3 aliphatic rings. The van der Waals surface area contributed by atoms with Crippen LogP contribution in [0.15, 0.2) is 24.5 Å². The number of rotatable bonds is 2. The van der Waals surface area contributed by atoms with Crippen LogP contribution in [0.2, 0.25) is 0 Å². The summed E-state index contributed by atoms with van der Waals surface area (Å²) in [6, 6.07) is 4.26. The molecule has 25 heavy (non-hydrogen) atoms. The molecule has 0 saturated carbocycles. The fourth-order valence-corrected chi connectivity index (χ4v) is 3.94. The third-order valence-electron chi connectivity index (χ3n) is 5.29. The molecule has 7 nitrogen and oxygen atoms in total. The number of hydrogen-bond donors (Lipinski definition) is 0. The predicted molar refractivity (Wildman–Crippen MR) is 91.5 cm³/mol. The number of aromatic nitrogens is 1. The number of nitrogens with zero attached hydrogens (tertiary/aromatic N) is 3. The van der Waals surface area contributed by atoms with Crippen molar-refractivity contribution in [2.75, 3.05) is 57.6 Å². The monoisotopic (exact) mass is 347 g/mol. The molecular weight excluding hydrogens is 322 g/mol. The van der Waals surface area contributed by atoms with E-state index in [0.29, 0.717) is 25.8 Å². The molecule has 3 aliphatic heterocycles. The third kappa shape index (κ3) is 3.69. The van der Waals surface area contributed by atoms with Gasteiger partial charge in [0.1, 0.15) is 12.2 Å². The summed E-state index contributed by atoms with van der Waals surface area (Å²) in [5.41, 5.74) is 0.329. The number of amides is 1. The Morgan fingerprint density at radius 1 is 1.16 bits per heavy atom. The predicted octanol–water partition coefficient (Wildman–Crippen LogP) is 0.695. The van der Waals surface area contributed by atoms with Crippen LogP contribution in [-0.4, -0.2) is 80.1 Å². The molecule has 4 heterocycles. The Hall–Kier alpha value is -1.54. The first-order valence-corrected chi connectivity index (χ1v) is 9.00. The number of pyridine rings is 1. The molecule has 1 aromatic rings. The summed E-state index contributed by atoms with van der Waals surface area (Å²) in [6.45, 7) is 5.10. The molecule has 1 aromatic heterocycles. The van der Waals surface area contributed by atoms with Gasteiger partial charge in [0, 0.05) is 38.5 Å². The Labute approximate surface area is 147 Å². The lowest BCUT2D eigenvalue weighted by atomic mass is 9.98. The molecule has 7 heteroatoms. The van der Waals surface area contributed by atoms with Gasteiger partial charge in [0.15, 0.2) is 0 Å². The highest BCUT2D eigenvalue weighted by molar-refractivity contribution is 5.95. The van der Waals surface area contributed by atoms with Crippen molar-refractivity contribution >= 4 is 11.6 Å². The van der Waals surface area contributed by atoms with Crippen LogP contribution in [0, 0.1) is 0 Å². The Kier molecular flexibility index (Phi) is 4.98. The van der Waals surface area contributed by atoms with Crippen molar-refractivity contribution in [3.63, 3.8) is 0 Å². The molecule has 1 amide bonds. The molecule has 0 aromatic carbocycles. The molecule has 1 unspecified atom stereocenters. The first-order valence-electron chi connectivity index (χ1n) is 9.00. The zero-order chi connectivity index (χ0) is 17.1. The minimum Gasteiger partial charge on any atom is -0.381 e. The average Bonchev–Trinajstić information content (AvgIpc) is 2.88. The van der Waals surface area contributed by atoms with Crippen LogP contribution in [0.3, 0.4) is 0 Å². The van der Waals surface area contributed by atoms with Crippen LogP contribution in [0.5, 0.6) is 0 Å². The lowest BCUT2D eigenvalue weighted by Gasteiger charge is -2.44. The first kappa shape index (κ1) is 16.9. The van der Waals surface area contributed by atoms with Crippen molar-refractivity contribution in [2.24, 2.45) is 0 Å². The summed E-state index contributed by atoms with van der Waals surface area (Å²) >= 11 is 0. The Balaban J connectivity index is 1.53. The average molecular weight is 347 g/mol. The van der Waals surface area contributed by atoms with E-state index in [1.807, 2.05) is 12.1 Å². The number of morpholine rings is 1. The van der Waals surface area contributed by atoms with E-state index in [2.05, 4.69) is 9.88 Å². The highest BCUT2D eigenvalue weighted by Gasteiger charge is 2.44. The number of ether oxygens (including phenoxy) is 3. The summed E-state index contributed by atoms with van der Waals surface area (Å²) in [5, 5.41) is 0. The number of carbonyl (C=O) groups excluding carboxylic acids is 1. The van der Waals surface area contributed by atoms with E-state index in [1.54, 1.807) is 17.3 Å². The molecule has 4 rings (SSSR count). The number of carbonyl (C=O) groups is 1. The summed E-state index contributed by atoms with van der Waals surface area (Å²) in [6.07, 6.45) is 5.53. The van der Waals surface area contributed by atoms with Crippen molar-refractivity contribution in [2.45, 2.75) is 24.5 Å². The molecule has 0 bridgehead atoms. The minimum absolute atomic E-state index is 0.0273. The van der Waals surface area contributed by atoms with Crippen molar-refractivity contribution in [1.29, 1.82) is 0 Å². The maximum Gasteiger partial charge on any atom is 0.253 e. The maximum atomic E-state index is 12.4. The fraction of sp³-hybridized carbons (Fsp3) is 0.667. The zero-order valence-electron chi connectivity index (χ0n) is 14.4. The molecule has 0 aliphatic carbocycles. The van der Waals surface area contributed by atoms with Crippen molar-refractivity contribution in [3.8, 4) is 0 Å². The van der Waals surface area contributed by atoms with Gasteiger partial charge in [0.05, 0.1) is 31.6 Å². The van der Waals surface area contributed by atoms with Gasteiger partial charge in [-0.3, -0.25) is 14.7 Å². The molecule has 3 saturated heterocycles. The first-order chi connectivity index (χ1) is 12.3. The molecule has 0 radical (unpaired) electrons. The van der Waals surface area contributed by atoms with Crippen LogP contribution in [0.4, 0.5) is 5.69 Å². The van der Waals surface area contributed by atoms with Gasteiger partial charge in [-0.05, 0) is 25.0 Å². The molecular formula is C18H25N3O4. The second-order valence-electron chi connectivity index (χ2n) is 7.03. The largest absolute Gasteiger partial charge is 0.381 e. The van der Waals surface area contributed by atoms with Crippen LogP contribution in [0.25, 0.3) is 0 Å². The van der Waals surface area contributed by atoms with Crippen LogP contribution < -0.4 is 4.90 Å². The van der Waals surface area contributed by atoms with Crippen LogP contribution in [0.1, 0.15) is 12.8 Å². The van der Waals surface area contributed by atoms with Gasteiger partial charge in [-0.15, -0.1) is 0 Å². The summed E-state index contributed by atoms with van der Waals surface area (Å²) < 4.78 is 17.4. The Morgan fingerprint density at radius 3 is 2.84 bits per heavy atom. The van der Waals surface area contributed by atoms with Crippen molar-refractivity contribution < 1.29 is 19.0 Å². The van der Waals surface area contributed by atoms with E-state index in [0.717, 1.165) is 44.8 Å².